The van der Waals surface area contributed by atoms with Gasteiger partial charge in [0.15, 0.2) is 6.29 Å². The molecule has 1 aromatic carbocycles. The van der Waals surface area contributed by atoms with E-state index in [1.807, 2.05) is 19.9 Å². The van der Waals surface area contributed by atoms with Crippen molar-refractivity contribution in [3.8, 4) is 0 Å². The summed E-state index contributed by atoms with van der Waals surface area (Å²) in [6, 6.07) is 6.80. The average Bonchev–Trinajstić information content (AvgIpc) is 2.32. The summed E-state index contributed by atoms with van der Waals surface area (Å²) in [5.74, 6) is 0.618. The summed E-state index contributed by atoms with van der Waals surface area (Å²) >= 11 is 1.49. The van der Waals surface area contributed by atoms with E-state index in [0.717, 1.165) is 12.2 Å². The second kappa shape index (κ2) is 8.50. The lowest BCUT2D eigenvalue weighted by atomic mass is 10.3. The maximum Gasteiger partial charge on any atom is 0.158 e. The quantitative estimate of drug-likeness (QED) is 0.523. The predicted octanol–water partition coefficient (Wildman–Crippen LogP) is 3.71. The third kappa shape index (κ3) is 5.52. The molecule has 0 saturated heterocycles. The van der Waals surface area contributed by atoms with Crippen molar-refractivity contribution in [2.45, 2.75) is 31.5 Å². The van der Waals surface area contributed by atoms with E-state index in [1.165, 1.54) is 17.8 Å². The Balaban J connectivity index is 2.33. The zero-order chi connectivity index (χ0) is 12.5. The molecule has 2 nitrogen and oxygen atoms in total. The Morgan fingerprint density at radius 1 is 1.18 bits per heavy atom. The highest BCUT2D eigenvalue weighted by molar-refractivity contribution is 7.99. The molecule has 0 amide bonds. The fourth-order valence-electron chi connectivity index (χ4n) is 1.41. The first-order chi connectivity index (χ1) is 8.27. The lowest BCUT2D eigenvalue weighted by Gasteiger charge is -2.16. The smallest absolute Gasteiger partial charge is 0.158 e. The predicted molar refractivity (Wildman–Crippen MR) is 68.8 cm³/mol. The molecule has 0 radical (unpaired) electrons. The number of thioether (sulfide) groups is 1. The van der Waals surface area contributed by atoms with Gasteiger partial charge in [0.1, 0.15) is 5.82 Å². The number of halogens is 1. The van der Waals surface area contributed by atoms with Crippen LogP contribution in [-0.4, -0.2) is 25.3 Å². The van der Waals surface area contributed by atoms with Gasteiger partial charge in [-0.15, -0.1) is 11.8 Å². The summed E-state index contributed by atoms with van der Waals surface area (Å²) in [6.07, 6.45) is 0.588. The summed E-state index contributed by atoms with van der Waals surface area (Å²) in [5.41, 5.74) is 0. The Labute approximate surface area is 107 Å². The molecule has 0 heterocycles. The molecule has 0 aliphatic carbocycles. The summed E-state index contributed by atoms with van der Waals surface area (Å²) in [6.45, 7) is 5.15. The third-order valence-electron chi connectivity index (χ3n) is 2.15. The molecule has 0 aliphatic rings. The van der Waals surface area contributed by atoms with Crippen molar-refractivity contribution in [3.63, 3.8) is 0 Å². The van der Waals surface area contributed by atoms with Crippen LogP contribution in [0.5, 0.6) is 0 Å². The highest BCUT2D eigenvalue weighted by Gasteiger charge is 2.08. The molecule has 0 atom stereocenters. The van der Waals surface area contributed by atoms with Gasteiger partial charge in [0.05, 0.1) is 0 Å². The third-order valence-corrected chi connectivity index (χ3v) is 3.23. The van der Waals surface area contributed by atoms with Crippen molar-refractivity contribution in [2.24, 2.45) is 0 Å². The van der Waals surface area contributed by atoms with Crippen molar-refractivity contribution in [3.05, 3.63) is 30.1 Å². The van der Waals surface area contributed by atoms with Gasteiger partial charge in [-0.05, 0) is 26.0 Å². The van der Waals surface area contributed by atoms with E-state index >= 15 is 0 Å². The van der Waals surface area contributed by atoms with Gasteiger partial charge in [-0.1, -0.05) is 12.1 Å². The first kappa shape index (κ1) is 14.5. The Kier molecular flexibility index (Phi) is 7.24. The normalized spacial score (nSPS) is 11.1. The zero-order valence-corrected chi connectivity index (χ0v) is 11.1. The van der Waals surface area contributed by atoms with Crippen molar-refractivity contribution in [1.82, 2.24) is 0 Å². The number of benzene rings is 1. The molecule has 4 heteroatoms. The molecule has 1 aromatic rings. The first-order valence-corrected chi connectivity index (χ1v) is 6.87. The molecule has 96 valence electrons. The zero-order valence-electron chi connectivity index (χ0n) is 10.3. The Bertz CT molecular complexity index is 314. The van der Waals surface area contributed by atoms with Gasteiger partial charge >= 0.3 is 0 Å². The van der Waals surface area contributed by atoms with E-state index in [2.05, 4.69) is 0 Å². The second-order valence-corrected chi connectivity index (χ2v) is 4.54. The summed E-state index contributed by atoms with van der Waals surface area (Å²) in [5, 5.41) is 0. The van der Waals surface area contributed by atoms with Crippen molar-refractivity contribution >= 4 is 11.8 Å². The minimum absolute atomic E-state index is 0.165. The molecule has 0 N–H and O–H groups in total. The van der Waals surface area contributed by atoms with Crippen LogP contribution in [0.3, 0.4) is 0 Å². The van der Waals surface area contributed by atoms with Gasteiger partial charge in [-0.3, -0.25) is 0 Å². The van der Waals surface area contributed by atoms with E-state index in [-0.39, 0.29) is 12.1 Å². The number of ether oxygens (including phenoxy) is 2. The minimum atomic E-state index is -0.177. The molecule has 0 aliphatic heterocycles. The maximum atomic E-state index is 13.3. The van der Waals surface area contributed by atoms with Gasteiger partial charge in [0.25, 0.3) is 0 Å². The Morgan fingerprint density at radius 3 is 2.41 bits per heavy atom. The number of hydrogen-bond acceptors (Lipinski definition) is 3. The van der Waals surface area contributed by atoms with Crippen LogP contribution in [0.25, 0.3) is 0 Å². The van der Waals surface area contributed by atoms with Gasteiger partial charge in [0.2, 0.25) is 0 Å². The van der Waals surface area contributed by atoms with Crippen LogP contribution in [-0.2, 0) is 9.47 Å². The molecule has 0 bridgehead atoms. The second-order valence-electron chi connectivity index (χ2n) is 3.41. The standard InChI is InChI=1S/C13H19FO2S/c1-3-15-13(16-4-2)9-10-17-12-8-6-5-7-11(12)14/h5-8,13H,3-4,9-10H2,1-2H3. The summed E-state index contributed by atoms with van der Waals surface area (Å²) < 4.78 is 24.2. The van der Waals surface area contributed by atoms with E-state index in [4.69, 9.17) is 9.47 Å². The molecule has 17 heavy (non-hydrogen) atoms. The van der Waals surface area contributed by atoms with E-state index in [0.29, 0.717) is 18.1 Å². The van der Waals surface area contributed by atoms with E-state index in [9.17, 15) is 4.39 Å². The molecule has 1 rings (SSSR count). The van der Waals surface area contributed by atoms with Crippen LogP contribution in [0.2, 0.25) is 0 Å². The SMILES string of the molecule is CCOC(CCSc1ccccc1F)OCC. The molecule has 0 unspecified atom stereocenters. The topological polar surface area (TPSA) is 18.5 Å². The van der Waals surface area contributed by atoms with Crippen LogP contribution < -0.4 is 0 Å². The van der Waals surface area contributed by atoms with Gasteiger partial charge in [0, 0.05) is 30.3 Å². The Hall–Kier alpha value is -0.580. The van der Waals surface area contributed by atoms with Gasteiger partial charge in [-0.25, -0.2) is 4.39 Å². The fraction of sp³-hybridized carbons (Fsp3) is 0.538. The minimum Gasteiger partial charge on any atom is -0.353 e. The van der Waals surface area contributed by atoms with E-state index < -0.39 is 0 Å². The van der Waals surface area contributed by atoms with Crippen LogP contribution in [0, 0.1) is 5.82 Å². The lowest BCUT2D eigenvalue weighted by molar-refractivity contribution is -0.136. The van der Waals surface area contributed by atoms with Crippen molar-refractivity contribution in [1.29, 1.82) is 0 Å². The number of rotatable bonds is 8. The van der Waals surface area contributed by atoms with Crippen LogP contribution in [0.1, 0.15) is 20.3 Å². The average molecular weight is 258 g/mol. The molecular weight excluding hydrogens is 239 g/mol. The molecule has 0 saturated carbocycles. The van der Waals surface area contributed by atoms with Crippen LogP contribution in [0.15, 0.2) is 29.2 Å². The van der Waals surface area contributed by atoms with Crippen LogP contribution >= 0.6 is 11.8 Å². The summed E-state index contributed by atoms with van der Waals surface area (Å²) in [4.78, 5) is 0.680. The van der Waals surface area contributed by atoms with Gasteiger partial charge < -0.3 is 9.47 Å². The number of hydrogen-bond donors (Lipinski definition) is 0. The maximum absolute atomic E-state index is 13.3. The first-order valence-electron chi connectivity index (χ1n) is 5.88. The molecular formula is C13H19FO2S. The molecule has 0 fully saturated rings. The summed E-state index contributed by atoms with van der Waals surface area (Å²) in [7, 11) is 0. The van der Waals surface area contributed by atoms with Crippen LogP contribution in [0.4, 0.5) is 4.39 Å². The highest BCUT2D eigenvalue weighted by atomic mass is 32.2. The van der Waals surface area contributed by atoms with Gasteiger partial charge in [-0.2, -0.15) is 0 Å². The largest absolute Gasteiger partial charge is 0.353 e. The highest BCUT2D eigenvalue weighted by Crippen LogP contribution is 2.22. The molecule has 0 spiro atoms. The van der Waals surface area contributed by atoms with Crippen molar-refractivity contribution < 1.29 is 13.9 Å². The fourth-order valence-corrected chi connectivity index (χ4v) is 2.32. The Morgan fingerprint density at radius 2 is 1.82 bits per heavy atom. The van der Waals surface area contributed by atoms with E-state index in [1.54, 1.807) is 12.1 Å². The van der Waals surface area contributed by atoms with Crippen molar-refractivity contribution in [2.75, 3.05) is 19.0 Å². The lowest BCUT2D eigenvalue weighted by Crippen LogP contribution is -2.18. The molecule has 0 aromatic heterocycles. The monoisotopic (exact) mass is 258 g/mol.